The minimum absolute atomic E-state index is 0.0232. The molecule has 0 bridgehead atoms. The van der Waals surface area contributed by atoms with Crippen molar-refractivity contribution >= 4 is 11.9 Å². The van der Waals surface area contributed by atoms with Crippen LogP contribution in [0.1, 0.15) is 27.7 Å². The fraction of sp³-hybridized carbons (Fsp3) is 0.833. The van der Waals surface area contributed by atoms with Crippen LogP contribution in [0, 0.1) is 5.41 Å². The molecule has 1 amide bonds. The highest BCUT2D eigenvalue weighted by Gasteiger charge is 2.30. The van der Waals surface area contributed by atoms with Crippen molar-refractivity contribution in [2.24, 2.45) is 0 Å². The molecule has 0 saturated carbocycles. The van der Waals surface area contributed by atoms with Crippen molar-refractivity contribution in [3.8, 4) is 0 Å². The van der Waals surface area contributed by atoms with Crippen molar-refractivity contribution in [1.82, 2.24) is 15.3 Å². The van der Waals surface area contributed by atoms with Gasteiger partial charge in [0.1, 0.15) is 11.4 Å². The molecular formula is C12H24N4O3. The number of piperazine rings is 1. The number of carbonyl (C=O) groups is 1. The normalized spacial score (nSPS) is 21.1. The zero-order valence-electron chi connectivity index (χ0n) is 12.1. The van der Waals surface area contributed by atoms with Crippen LogP contribution >= 0.6 is 0 Å². The molecule has 19 heavy (non-hydrogen) atoms. The Balaban J connectivity index is 2.50. The molecule has 0 aliphatic carbocycles. The van der Waals surface area contributed by atoms with Gasteiger partial charge in [0.2, 0.25) is 0 Å². The summed E-state index contributed by atoms with van der Waals surface area (Å²) in [4.78, 5) is 15.7. The number of amides is 1. The van der Waals surface area contributed by atoms with E-state index < -0.39 is 5.60 Å². The topological polar surface area (TPSA) is 88.9 Å². The monoisotopic (exact) mass is 272 g/mol. The highest BCUT2D eigenvalue weighted by molar-refractivity contribution is 5.79. The van der Waals surface area contributed by atoms with Crippen molar-refractivity contribution in [3.63, 3.8) is 0 Å². The third-order valence-electron chi connectivity index (χ3n) is 2.86. The molecule has 1 saturated heterocycles. The van der Waals surface area contributed by atoms with Crippen LogP contribution in [0.4, 0.5) is 4.79 Å². The second-order valence-electron chi connectivity index (χ2n) is 5.85. The fourth-order valence-electron chi connectivity index (χ4n) is 2.03. The van der Waals surface area contributed by atoms with E-state index in [2.05, 4.69) is 0 Å². The lowest BCUT2D eigenvalue weighted by atomic mass is 10.2. The van der Waals surface area contributed by atoms with Gasteiger partial charge in [-0.05, 0) is 27.7 Å². The molecular weight excluding hydrogens is 248 g/mol. The van der Waals surface area contributed by atoms with E-state index in [1.54, 1.807) is 4.90 Å². The summed E-state index contributed by atoms with van der Waals surface area (Å²) in [5.74, 6) is 0.0536. The van der Waals surface area contributed by atoms with Crippen molar-refractivity contribution in [2.75, 3.05) is 26.2 Å². The summed E-state index contributed by atoms with van der Waals surface area (Å²) in [6, 6.07) is 0.0232. The molecule has 0 aromatic carbocycles. The number of rotatable bonds is 2. The number of hydrogen-bond acceptors (Lipinski definition) is 5. The number of carbonyl (C=O) groups excluding carboxylic acids is 1. The van der Waals surface area contributed by atoms with E-state index in [4.69, 9.17) is 15.4 Å². The standard InChI is InChI=1S/C12H24N4O3/c1-9-7-15(8-10(13)14-18)5-6-16(9)11(17)19-12(2,3)4/h9,18H,5-8H2,1-4H3,(H2,13,14). The van der Waals surface area contributed by atoms with Gasteiger partial charge in [0.15, 0.2) is 0 Å². The molecule has 0 spiro atoms. The molecule has 7 nitrogen and oxygen atoms in total. The fourth-order valence-corrected chi connectivity index (χ4v) is 2.03. The largest absolute Gasteiger partial charge is 0.444 e. The third-order valence-corrected chi connectivity index (χ3v) is 2.86. The lowest BCUT2D eigenvalue weighted by Crippen LogP contribution is -2.56. The van der Waals surface area contributed by atoms with Gasteiger partial charge < -0.3 is 9.64 Å². The Hall–Kier alpha value is -1.34. The minimum Gasteiger partial charge on any atom is -0.444 e. The Labute approximate surface area is 114 Å². The zero-order valence-corrected chi connectivity index (χ0v) is 12.1. The predicted octanol–water partition coefficient (Wildman–Crippen LogP) is 0.884. The summed E-state index contributed by atoms with van der Waals surface area (Å²) in [7, 11) is 0. The predicted molar refractivity (Wildman–Crippen MR) is 71.5 cm³/mol. The van der Waals surface area contributed by atoms with E-state index >= 15 is 0 Å². The Kier molecular flexibility index (Phi) is 5.13. The van der Waals surface area contributed by atoms with Gasteiger partial charge in [0.25, 0.3) is 0 Å². The molecule has 0 aromatic rings. The molecule has 1 aliphatic rings. The van der Waals surface area contributed by atoms with Crippen molar-refractivity contribution in [2.45, 2.75) is 39.3 Å². The Bertz CT molecular complexity index is 340. The van der Waals surface area contributed by atoms with Gasteiger partial charge in [-0.1, -0.05) is 0 Å². The summed E-state index contributed by atoms with van der Waals surface area (Å²) < 4.78 is 5.36. The number of hydroxylamine groups is 1. The molecule has 0 radical (unpaired) electrons. The molecule has 1 heterocycles. The first kappa shape index (κ1) is 15.7. The van der Waals surface area contributed by atoms with Gasteiger partial charge in [0, 0.05) is 25.7 Å². The molecule has 1 unspecified atom stereocenters. The van der Waals surface area contributed by atoms with Crippen LogP contribution in [0.2, 0.25) is 0 Å². The quantitative estimate of drug-likeness (QED) is 0.394. The molecule has 7 heteroatoms. The maximum Gasteiger partial charge on any atom is 0.410 e. The molecule has 1 aliphatic heterocycles. The first-order valence-corrected chi connectivity index (χ1v) is 6.42. The number of nitrogens with one attached hydrogen (secondary N) is 2. The molecule has 1 rings (SSSR count). The summed E-state index contributed by atoms with van der Waals surface area (Å²) in [5.41, 5.74) is 1.34. The van der Waals surface area contributed by atoms with Crippen LogP contribution in [-0.4, -0.2) is 64.8 Å². The van der Waals surface area contributed by atoms with Crippen molar-refractivity contribution < 1.29 is 14.7 Å². The van der Waals surface area contributed by atoms with Crippen LogP contribution in [0.5, 0.6) is 0 Å². The van der Waals surface area contributed by atoms with Crippen LogP contribution in [0.25, 0.3) is 0 Å². The molecule has 110 valence electrons. The Morgan fingerprint density at radius 3 is 2.58 bits per heavy atom. The average molecular weight is 272 g/mol. The van der Waals surface area contributed by atoms with Gasteiger partial charge in [-0.15, -0.1) is 0 Å². The van der Waals surface area contributed by atoms with Gasteiger partial charge in [0.05, 0.1) is 6.54 Å². The van der Waals surface area contributed by atoms with Gasteiger partial charge in [-0.2, -0.15) is 0 Å². The van der Waals surface area contributed by atoms with E-state index in [0.29, 0.717) is 26.2 Å². The highest BCUT2D eigenvalue weighted by atomic mass is 16.6. The smallest absolute Gasteiger partial charge is 0.410 e. The SMILES string of the molecule is CC1CN(CC(=N)NO)CCN1C(=O)OC(C)(C)C. The van der Waals surface area contributed by atoms with E-state index in [0.717, 1.165) is 0 Å². The first-order chi connectivity index (χ1) is 8.73. The zero-order chi connectivity index (χ0) is 14.6. The third kappa shape index (κ3) is 5.04. The van der Waals surface area contributed by atoms with Crippen LogP contribution < -0.4 is 5.48 Å². The summed E-state index contributed by atoms with van der Waals surface area (Å²) in [5, 5.41) is 16.0. The van der Waals surface area contributed by atoms with Gasteiger partial charge in [-0.25, -0.2) is 4.79 Å². The Morgan fingerprint density at radius 1 is 1.47 bits per heavy atom. The maximum absolute atomic E-state index is 12.0. The van der Waals surface area contributed by atoms with Gasteiger partial charge >= 0.3 is 6.09 Å². The van der Waals surface area contributed by atoms with Crippen LogP contribution in [0.3, 0.4) is 0 Å². The molecule has 0 aromatic heterocycles. The first-order valence-electron chi connectivity index (χ1n) is 6.42. The summed E-state index contributed by atoms with van der Waals surface area (Å²) in [6.45, 7) is 9.72. The number of ether oxygens (including phenoxy) is 1. The van der Waals surface area contributed by atoms with Gasteiger partial charge in [-0.3, -0.25) is 21.0 Å². The Morgan fingerprint density at radius 2 is 2.11 bits per heavy atom. The second kappa shape index (κ2) is 6.21. The molecule has 3 N–H and O–H groups in total. The van der Waals surface area contributed by atoms with Crippen molar-refractivity contribution in [3.05, 3.63) is 0 Å². The highest BCUT2D eigenvalue weighted by Crippen LogP contribution is 2.15. The van der Waals surface area contributed by atoms with E-state index in [-0.39, 0.29) is 18.0 Å². The molecule has 1 atom stereocenters. The van der Waals surface area contributed by atoms with E-state index in [9.17, 15) is 4.79 Å². The van der Waals surface area contributed by atoms with Crippen LogP contribution in [-0.2, 0) is 4.74 Å². The number of nitrogens with zero attached hydrogens (tertiary/aromatic N) is 2. The second-order valence-corrected chi connectivity index (χ2v) is 5.85. The van der Waals surface area contributed by atoms with Crippen molar-refractivity contribution in [1.29, 1.82) is 5.41 Å². The number of hydrogen-bond donors (Lipinski definition) is 3. The maximum atomic E-state index is 12.0. The average Bonchev–Trinajstić information content (AvgIpc) is 2.26. The van der Waals surface area contributed by atoms with E-state index in [1.165, 1.54) is 0 Å². The lowest BCUT2D eigenvalue weighted by molar-refractivity contribution is 0.00293. The van der Waals surface area contributed by atoms with E-state index in [1.807, 2.05) is 38.1 Å². The summed E-state index contributed by atoms with van der Waals surface area (Å²) in [6.07, 6.45) is -0.296. The molecule has 1 fully saturated rings. The lowest BCUT2D eigenvalue weighted by Gasteiger charge is -2.40. The summed E-state index contributed by atoms with van der Waals surface area (Å²) >= 11 is 0. The van der Waals surface area contributed by atoms with Crippen LogP contribution in [0.15, 0.2) is 0 Å². The number of amidine groups is 1. The minimum atomic E-state index is -0.489.